The largest absolute Gasteiger partial charge is 0.480 e. The average molecular weight is 296 g/mol. The Bertz CT molecular complexity index is 564. The van der Waals surface area contributed by atoms with E-state index < -0.39 is 23.9 Å². The number of methoxy groups -OCH3 is 1. The van der Waals surface area contributed by atoms with E-state index in [-0.39, 0.29) is 24.8 Å². The first-order chi connectivity index (χ1) is 9.92. The predicted molar refractivity (Wildman–Crippen MR) is 73.7 cm³/mol. The van der Waals surface area contributed by atoms with Gasteiger partial charge in [-0.2, -0.15) is 0 Å². The summed E-state index contributed by atoms with van der Waals surface area (Å²) in [5.74, 6) is -1.52. The molecular weight excluding hydrogens is 279 g/mol. The zero-order valence-electron chi connectivity index (χ0n) is 11.8. The van der Waals surface area contributed by atoms with E-state index in [2.05, 4.69) is 5.32 Å². The van der Waals surface area contributed by atoms with Crippen LogP contribution in [0.4, 0.5) is 14.9 Å². The van der Waals surface area contributed by atoms with E-state index in [0.29, 0.717) is 5.56 Å². The zero-order chi connectivity index (χ0) is 15.6. The first kappa shape index (κ1) is 15.2. The number of carbonyl (C=O) groups is 2. The fraction of sp³-hybridized carbons (Fsp3) is 0.429. The van der Waals surface area contributed by atoms with Gasteiger partial charge in [0.25, 0.3) is 0 Å². The van der Waals surface area contributed by atoms with Crippen molar-refractivity contribution in [1.29, 1.82) is 0 Å². The number of benzene rings is 1. The Morgan fingerprint density at radius 1 is 1.48 bits per heavy atom. The normalized spacial score (nSPS) is 21.4. The highest BCUT2D eigenvalue weighted by Crippen LogP contribution is 2.22. The molecule has 6 nitrogen and oxygen atoms in total. The first-order valence-electron chi connectivity index (χ1n) is 6.51. The number of urea groups is 1. The van der Waals surface area contributed by atoms with Crippen molar-refractivity contribution in [1.82, 2.24) is 4.90 Å². The Kier molecular flexibility index (Phi) is 4.42. The van der Waals surface area contributed by atoms with Crippen LogP contribution in [0.2, 0.25) is 0 Å². The molecule has 2 unspecified atom stereocenters. The van der Waals surface area contributed by atoms with Crippen molar-refractivity contribution in [2.45, 2.75) is 25.5 Å². The molecule has 114 valence electrons. The smallest absolute Gasteiger partial charge is 0.326 e. The van der Waals surface area contributed by atoms with Gasteiger partial charge in [-0.15, -0.1) is 0 Å². The Morgan fingerprint density at radius 2 is 2.19 bits per heavy atom. The lowest BCUT2D eigenvalue weighted by Crippen LogP contribution is -2.43. The highest BCUT2D eigenvalue weighted by Gasteiger charge is 2.39. The van der Waals surface area contributed by atoms with Gasteiger partial charge in [-0.1, -0.05) is 6.07 Å². The molecule has 1 aromatic carbocycles. The summed E-state index contributed by atoms with van der Waals surface area (Å²) in [7, 11) is 1.47. The van der Waals surface area contributed by atoms with E-state index in [1.807, 2.05) is 0 Å². The van der Waals surface area contributed by atoms with Gasteiger partial charge in [-0.3, -0.25) is 0 Å². The fourth-order valence-electron chi connectivity index (χ4n) is 2.29. The molecule has 0 aliphatic carbocycles. The van der Waals surface area contributed by atoms with Crippen LogP contribution in [0.1, 0.15) is 12.0 Å². The number of aliphatic carboxylic acids is 1. The van der Waals surface area contributed by atoms with E-state index in [1.54, 1.807) is 19.1 Å². The second-order valence-corrected chi connectivity index (χ2v) is 4.99. The molecule has 0 radical (unpaired) electrons. The average Bonchev–Trinajstić information content (AvgIpc) is 2.87. The minimum Gasteiger partial charge on any atom is -0.480 e. The number of nitrogens with one attached hydrogen (secondary N) is 1. The Morgan fingerprint density at radius 3 is 2.76 bits per heavy atom. The van der Waals surface area contributed by atoms with E-state index in [4.69, 9.17) is 9.84 Å². The van der Waals surface area contributed by atoms with Crippen LogP contribution in [0.25, 0.3) is 0 Å². The lowest BCUT2D eigenvalue weighted by molar-refractivity contribution is -0.141. The molecule has 7 heteroatoms. The molecule has 1 saturated heterocycles. The molecule has 1 aliphatic heterocycles. The van der Waals surface area contributed by atoms with Gasteiger partial charge >= 0.3 is 12.0 Å². The second kappa shape index (κ2) is 6.09. The van der Waals surface area contributed by atoms with Gasteiger partial charge in [0.15, 0.2) is 0 Å². The van der Waals surface area contributed by atoms with Crippen LogP contribution in [0.3, 0.4) is 0 Å². The van der Waals surface area contributed by atoms with E-state index >= 15 is 0 Å². The lowest BCUT2D eigenvalue weighted by atomic mass is 10.2. The number of ether oxygens (including phenoxy) is 1. The minimum atomic E-state index is -1.08. The van der Waals surface area contributed by atoms with Gasteiger partial charge in [-0.05, 0) is 24.6 Å². The topological polar surface area (TPSA) is 78.9 Å². The maximum atomic E-state index is 13.4. The maximum absolute atomic E-state index is 13.4. The number of halogens is 1. The predicted octanol–water partition coefficient (Wildman–Crippen LogP) is 1.84. The van der Waals surface area contributed by atoms with E-state index in [9.17, 15) is 14.0 Å². The maximum Gasteiger partial charge on any atom is 0.326 e. The summed E-state index contributed by atoms with van der Waals surface area (Å²) < 4.78 is 18.6. The number of carboxylic acids is 1. The van der Waals surface area contributed by atoms with Crippen molar-refractivity contribution in [2.75, 3.05) is 19.0 Å². The molecule has 2 atom stereocenters. The molecule has 2 N–H and O–H groups in total. The Labute approximate surface area is 121 Å². The van der Waals surface area contributed by atoms with Crippen LogP contribution in [-0.4, -0.2) is 47.8 Å². The molecule has 0 bridgehead atoms. The SMILES string of the molecule is COC1CC(C(=O)O)N(C(=O)Nc2ccc(C)c(F)c2)C1. The van der Waals surface area contributed by atoms with Gasteiger partial charge in [0, 0.05) is 25.8 Å². The number of nitrogens with zero attached hydrogens (tertiary/aromatic N) is 1. The second-order valence-electron chi connectivity index (χ2n) is 4.99. The van der Waals surface area contributed by atoms with Crippen LogP contribution in [-0.2, 0) is 9.53 Å². The molecule has 1 heterocycles. The quantitative estimate of drug-likeness (QED) is 0.892. The van der Waals surface area contributed by atoms with Crippen LogP contribution in [0.5, 0.6) is 0 Å². The number of rotatable bonds is 3. The third-order valence-electron chi connectivity index (χ3n) is 3.57. The van der Waals surface area contributed by atoms with Gasteiger partial charge in [0.2, 0.25) is 0 Å². The van der Waals surface area contributed by atoms with Gasteiger partial charge in [-0.25, -0.2) is 14.0 Å². The molecule has 2 amide bonds. The van der Waals surface area contributed by atoms with Crippen molar-refractivity contribution in [3.05, 3.63) is 29.6 Å². The molecule has 2 rings (SSSR count). The highest BCUT2D eigenvalue weighted by atomic mass is 19.1. The van der Waals surface area contributed by atoms with Crippen molar-refractivity contribution in [3.8, 4) is 0 Å². The number of hydrogen-bond acceptors (Lipinski definition) is 3. The van der Waals surface area contributed by atoms with E-state index in [0.717, 1.165) is 0 Å². The molecule has 1 fully saturated rings. The molecule has 21 heavy (non-hydrogen) atoms. The first-order valence-corrected chi connectivity index (χ1v) is 6.51. The number of hydrogen-bond donors (Lipinski definition) is 2. The summed E-state index contributed by atoms with van der Waals surface area (Å²) in [6.07, 6.45) is -0.0757. The number of carboxylic acid groups (broad SMARTS) is 1. The van der Waals surface area contributed by atoms with Crippen molar-refractivity contribution >= 4 is 17.7 Å². The van der Waals surface area contributed by atoms with Crippen molar-refractivity contribution in [2.24, 2.45) is 0 Å². The Hall–Kier alpha value is -2.15. The highest BCUT2D eigenvalue weighted by molar-refractivity contribution is 5.92. The van der Waals surface area contributed by atoms with Gasteiger partial charge < -0.3 is 20.1 Å². The fourth-order valence-corrected chi connectivity index (χ4v) is 2.29. The Balaban J connectivity index is 2.11. The summed E-state index contributed by atoms with van der Waals surface area (Å²) in [6.45, 7) is 1.80. The molecule has 0 spiro atoms. The zero-order valence-corrected chi connectivity index (χ0v) is 11.8. The standard InChI is InChI=1S/C14H17FN2O4/c1-8-3-4-9(5-11(8)15)16-14(20)17-7-10(21-2)6-12(17)13(18)19/h3-5,10,12H,6-7H2,1-2H3,(H,16,20)(H,18,19). The summed E-state index contributed by atoms with van der Waals surface area (Å²) in [5, 5.41) is 11.7. The van der Waals surface area contributed by atoms with Crippen LogP contribution >= 0.6 is 0 Å². The molecule has 0 aromatic heterocycles. The monoisotopic (exact) mass is 296 g/mol. The van der Waals surface area contributed by atoms with Gasteiger partial charge in [0.1, 0.15) is 11.9 Å². The van der Waals surface area contributed by atoms with Crippen LogP contribution in [0, 0.1) is 12.7 Å². The molecular formula is C14H17FN2O4. The third kappa shape index (κ3) is 3.30. The lowest BCUT2D eigenvalue weighted by Gasteiger charge is -2.21. The van der Waals surface area contributed by atoms with E-state index in [1.165, 1.54) is 18.1 Å². The summed E-state index contributed by atoms with van der Waals surface area (Å²) in [4.78, 5) is 24.5. The molecule has 0 saturated carbocycles. The summed E-state index contributed by atoms with van der Waals surface area (Å²) in [6, 6.07) is 2.79. The number of likely N-dealkylation sites (tertiary alicyclic amines) is 1. The number of anilines is 1. The number of carbonyl (C=O) groups excluding carboxylic acids is 1. The van der Waals surface area contributed by atoms with Gasteiger partial charge in [0.05, 0.1) is 6.10 Å². The van der Waals surface area contributed by atoms with Crippen LogP contribution in [0.15, 0.2) is 18.2 Å². The number of aryl methyl sites for hydroxylation is 1. The summed E-state index contributed by atoms with van der Waals surface area (Å²) >= 11 is 0. The van der Waals surface area contributed by atoms with Crippen molar-refractivity contribution in [3.63, 3.8) is 0 Å². The molecule has 1 aromatic rings. The summed E-state index contributed by atoms with van der Waals surface area (Å²) in [5.41, 5.74) is 0.755. The molecule has 1 aliphatic rings. The third-order valence-corrected chi connectivity index (χ3v) is 3.57. The van der Waals surface area contributed by atoms with Crippen molar-refractivity contribution < 1.29 is 23.8 Å². The number of amides is 2. The van der Waals surface area contributed by atoms with Crippen LogP contribution < -0.4 is 5.32 Å². The minimum absolute atomic E-state index is 0.188.